The molecule has 0 unspecified atom stereocenters. The standard InChI is InChI=1S/C42H51N3O9/c1-43(2)16-19-52-37-13-10-28(25-34(37)40(46)49-7)31-22-32(29-11-14-38(53-20-17-44(3)4)35(26-29)41(47)50-8)24-33(23-31)30-12-15-39(54-21-18-45(5)6)36(27-30)42(48)51-9/h10-15,22-27H,16-21H2,1-9H3. The minimum absolute atomic E-state index is 0.278. The molecule has 0 aromatic heterocycles. The van der Waals surface area contributed by atoms with Crippen LogP contribution in [0.25, 0.3) is 33.4 Å². The third kappa shape index (κ3) is 11.0. The molecule has 0 atom stereocenters. The monoisotopic (exact) mass is 741 g/mol. The average molecular weight is 742 g/mol. The van der Waals surface area contributed by atoms with Crippen molar-refractivity contribution >= 4 is 17.9 Å². The van der Waals surface area contributed by atoms with Crippen LogP contribution in [0.4, 0.5) is 0 Å². The summed E-state index contributed by atoms with van der Waals surface area (Å²) in [6, 6.07) is 22.0. The molecule has 0 amide bonds. The minimum atomic E-state index is -0.534. The van der Waals surface area contributed by atoms with E-state index in [0.717, 1.165) is 16.7 Å². The van der Waals surface area contributed by atoms with Crippen molar-refractivity contribution in [2.24, 2.45) is 0 Å². The van der Waals surface area contributed by atoms with Crippen LogP contribution in [0.15, 0.2) is 72.8 Å². The normalized spacial score (nSPS) is 11.1. The lowest BCUT2D eigenvalue weighted by Gasteiger charge is -2.17. The van der Waals surface area contributed by atoms with Gasteiger partial charge in [0.25, 0.3) is 0 Å². The zero-order chi connectivity index (χ0) is 39.4. The van der Waals surface area contributed by atoms with E-state index in [2.05, 4.69) is 0 Å². The SMILES string of the molecule is COC(=O)c1cc(-c2cc(-c3ccc(OCCN(C)C)c(C(=O)OC)c3)cc(-c3ccc(OCCN(C)C)c(C(=O)OC)c3)c2)ccc1OCCN(C)C. The number of ether oxygens (including phenoxy) is 6. The second-order valence-corrected chi connectivity index (χ2v) is 13.4. The highest BCUT2D eigenvalue weighted by Gasteiger charge is 2.20. The van der Waals surface area contributed by atoms with E-state index in [1.165, 1.54) is 21.3 Å². The molecule has 12 heteroatoms. The van der Waals surface area contributed by atoms with Crippen molar-refractivity contribution in [1.29, 1.82) is 0 Å². The lowest BCUT2D eigenvalue weighted by Crippen LogP contribution is -2.20. The molecule has 12 nitrogen and oxygen atoms in total. The molecular formula is C42H51N3O9. The zero-order valence-electron chi connectivity index (χ0n) is 32.7. The van der Waals surface area contributed by atoms with Gasteiger partial charge in [-0.3, -0.25) is 0 Å². The number of methoxy groups -OCH3 is 3. The van der Waals surface area contributed by atoms with E-state index < -0.39 is 17.9 Å². The lowest BCUT2D eigenvalue weighted by atomic mass is 9.91. The van der Waals surface area contributed by atoms with Gasteiger partial charge in [0.2, 0.25) is 0 Å². The van der Waals surface area contributed by atoms with E-state index in [4.69, 9.17) is 28.4 Å². The first-order valence-corrected chi connectivity index (χ1v) is 17.5. The molecule has 54 heavy (non-hydrogen) atoms. The van der Waals surface area contributed by atoms with Crippen molar-refractivity contribution in [2.75, 3.05) is 103 Å². The Balaban J connectivity index is 1.91. The number of likely N-dealkylation sites (N-methyl/N-ethyl adjacent to an activating group) is 3. The number of rotatable bonds is 18. The summed E-state index contributed by atoms with van der Waals surface area (Å²) in [5, 5.41) is 0. The van der Waals surface area contributed by atoms with Gasteiger partial charge in [0, 0.05) is 19.6 Å². The van der Waals surface area contributed by atoms with Crippen LogP contribution in [0, 0.1) is 0 Å². The highest BCUT2D eigenvalue weighted by atomic mass is 16.5. The summed E-state index contributed by atoms with van der Waals surface area (Å²) >= 11 is 0. The Kier molecular flexibility index (Phi) is 15.0. The van der Waals surface area contributed by atoms with Gasteiger partial charge < -0.3 is 43.1 Å². The quantitative estimate of drug-likeness (QED) is 0.0898. The number of hydrogen-bond acceptors (Lipinski definition) is 12. The Morgan fingerprint density at radius 2 is 0.667 bits per heavy atom. The van der Waals surface area contributed by atoms with Crippen LogP contribution in [0.5, 0.6) is 17.2 Å². The largest absolute Gasteiger partial charge is 0.491 e. The topological polar surface area (TPSA) is 116 Å². The van der Waals surface area contributed by atoms with Crippen LogP contribution < -0.4 is 14.2 Å². The molecular weight excluding hydrogens is 690 g/mol. The smallest absolute Gasteiger partial charge is 0.341 e. The van der Waals surface area contributed by atoms with E-state index in [-0.39, 0.29) is 16.7 Å². The van der Waals surface area contributed by atoms with Crippen molar-refractivity contribution in [1.82, 2.24) is 14.7 Å². The molecule has 0 heterocycles. The van der Waals surface area contributed by atoms with E-state index in [0.29, 0.717) is 73.4 Å². The fourth-order valence-corrected chi connectivity index (χ4v) is 5.46. The fraction of sp³-hybridized carbons (Fsp3) is 0.357. The number of nitrogens with zero attached hydrogens (tertiary/aromatic N) is 3. The van der Waals surface area contributed by atoms with Crippen LogP contribution in [0.1, 0.15) is 31.1 Å². The van der Waals surface area contributed by atoms with E-state index in [1.54, 1.807) is 36.4 Å². The Morgan fingerprint density at radius 1 is 0.407 bits per heavy atom. The van der Waals surface area contributed by atoms with Crippen molar-refractivity contribution < 1.29 is 42.8 Å². The van der Waals surface area contributed by atoms with E-state index >= 15 is 0 Å². The summed E-state index contributed by atoms with van der Waals surface area (Å²) in [5.41, 5.74) is 5.24. The van der Waals surface area contributed by atoms with Crippen molar-refractivity contribution in [3.8, 4) is 50.6 Å². The summed E-state index contributed by atoms with van der Waals surface area (Å²) in [5.74, 6) is -0.383. The summed E-state index contributed by atoms with van der Waals surface area (Å²) in [7, 11) is 15.6. The van der Waals surface area contributed by atoms with Crippen molar-refractivity contribution in [3.05, 3.63) is 89.5 Å². The molecule has 4 rings (SSSR count). The van der Waals surface area contributed by atoms with E-state index in [9.17, 15) is 14.4 Å². The predicted molar refractivity (Wildman–Crippen MR) is 209 cm³/mol. The molecule has 0 spiro atoms. The van der Waals surface area contributed by atoms with E-state index in [1.807, 2.05) is 93.4 Å². The van der Waals surface area contributed by atoms with Gasteiger partial charge in [-0.2, -0.15) is 0 Å². The average Bonchev–Trinajstić information content (AvgIpc) is 3.16. The van der Waals surface area contributed by atoms with Gasteiger partial charge in [-0.25, -0.2) is 14.4 Å². The highest BCUT2D eigenvalue weighted by molar-refractivity contribution is 5.97. The Morgan fingerprint density at radius 3 is 0.889 bits per heavy atom. The molecule has 0 saturated carbocycles. The first kappa shape index (κ1) is 41.3. The second kappa shape index (κ2) is 19.6. The van der Waals surface area contributed by atoms with Crippen LogP contribution >= 0.6 is 0 Å². The molecule has 0 bridgehead atoms. The molecule has 0 fully saturated rings. The summed E-state index contributed by atoms with van der Waals surface area (Å²) < 4.78 is 33.4. The molecule has 0 radical (unpaired) electrons. The molecule has 0 N–H and O–H groups in total. The van der Waals surface area contributed by atoms with Gasteiger partial charge in [0.15, 0.2) is 0 Å². The molecule has 288 valence electrons. The molecule has 4 aromatic carbocycles. The maximum absolute atomic E-state index is 13.0. The van der Waals surface area contributed by atoms with Gasteiger partial charge in [-0.15, -0.1) is 0 Å². The lowest BCUT2D eigenvalue weighted by molar-refractivity contribution is 0.0586. The van der Waals surface area contributed by atoms with Gasteiger partial charge in [-0.1, -0.05) is 18.2 Å². The Hall–Kier alpha value is -5.43. The molecule has 0 aliphatic carbocycles. The maximum Gasteiger partial charge on any atom is 0.341 e. The van der Waals surface area contributed by atoms with Gasteiger partial charge in [0.05, 0.1) is 21.3 Å². The summed E-state index contributed by atoms with van der Waals surface area (Å²) in [4.78, 5) is 45.0. The summed E-state index contributed by atoms with van der Waals surface area (Å²) in [6.07, 6.45) is 0. The predicted octanol–water partition coefficient (Wildman–Crippen LogP) is 5.87. The van der Waals surface area contributed by atoms with Gasteiger partial charge >= 0.3 is 17.9 Å². The second-order valence-electron chi connectivity index (χ2n) is 13.4. The number of carbonyl (C=O) groups is 3. The fourth-order valence-electron chi connectivity index (χ4n) is 5.46. The molecule has 0 aliphatic heterocycles. The molecule has 0 aliphatic rings. The van der Waals surface area contributed by atoms with Crippen LogP contribution in [0.2, 0.25) is 0 Å². The van der Waals surface area contributed by atoms with Crippen molar-refractivity contribution in [2.45, 2.75) is 0 Å². The third-order valence-corrected chi connectivity index (χ3v) is 8.48. The number of benzene rings is 4. The highest BCUT2D eigenvalue weighted by Crippen LogP contribution is 2.37. The number of carbonyl (C=O) groups excluding carboxylic acids is 3. The first-order valence-electron chi connectivity index (χ1n) is 17.5. The van der Waals surface area contributed by atoms with Crippen LogP contribution in [-0.4, -0.2) is 136 Å². The summed E-state index contributed by atoms with van der Waals surface area (Å²) in [6.45, 7) is 3.12. The maximum atomic E-state index is 13.0. The number of hydrogen-bond donors (Lipinski definition) is 0. The molecule has 0 saturated heterocycles. The third-order valence-electron chi connectivity index (χ3n) is 8.48. The van der Waals surface area contributed by atoms with Crippen molar-refractivity contribution in [3.63, 3.8) is 0 Å². The Labute approximate surface area is 318 Å². The molecule has 4 aromatic rings. The first-order chi connectivity index (χ1) is 25.8. The van der Waals surface area contributed by atoms with Crippen LogP contribution in [0.3, 0.4) is 0 Å². The van der Waals surface area contributed by atoms with Crippen LogP contribution in [-0.2, 0) is 14.2 Å². The number of esters is 3. The Bertz CT molecular complexity index is 1690. The zero-order valence-corrected chi connectivity index (χ0v) is 32.7. The van der Waals surface area contributed by atoms with Gasteiger partial charge in [0.1, 0.15) is 53.8 Å². The minimum Gasteiger partial charge on any atom is -0.491 e. The van der Waals surface area contributed by atoms with Gasteiger partial charge in [-0.05, 0) is 130 Å².